The fourth-order valence-corrected chi connectivity index (χ4v) is 4.77. The number of amides is 2. The Morgan fingerprint density at radius 2 is 1.82 bits per heavy atom. The summed E-state index contributed by atoms with van der Waals surface area (Å²) in [5.41, 5.74) is 0.701. The Bertz CT molecular complexity index is 1060. The highest BCUT2D eigenvalue weighted by Crippen LogP contribution is 2.52. The van der Waals surface area contributed by atoms with Crippen LogP contribution in [0.3, 0.4) is 0 Å². The third-order valence-electron chi connectivity index (χ3n) is 5.99. The average molecular weight is 370 g/mol. The first-order valence-electron chi connectivity index (χ1n) is 9.37. The minimum Gasteiger partial charge on any atom is -0.480 e. The number of hydrazone groups is 1. The number of hydrogen-bond donors (Lipinski definition) is 0. The van der Waals surface area contributed by atoms with E-state index in [2.05, 4.69) is 23.2 Å². The third kappa shape index (κ3) is 2.38. The summed E-state index contributed by atoms with van der Waals surface area (Å²) in [7, 11) is 0. The Labute approximate surface area is 162 Å². The lowest BCUT2D eigenvalue weighted by molar-refractivity contribution is -0.140. The van der Waals surface area contributed by atoms with E-state index in [0.717, 1.165) is 22.2 Å². The number of allylic oxidation sites excluding steroid dienone is 2. The van der Waals surface area contributed by atoms with E-state index in [0.29, 0.717) is 11.3 Å². The lowest BCUT2D eigenvalue weighted by atomic mass is 9.85. The van der Waals surface area contributed by atoms with Gasteiger partial charge in [-0.1, -0.05) is 48.4 Å². The van der Waals surface area contributed by atoms with Gasteiger partial charge in [-0.2, -0.15) is 10.1 Å². The first-order valence-corrected chi connectivity index (χ1v) is 9.37. The van der Waals surface area contributed by atoms with Crippen LogP contribution in [0.15, 0.2) is 53.7 Å². The van der Waals surface area contributed by atoms with E-state index in [9.17, 15) is 9.59 Å². The van der Waals surface area contributed by atoms with Gasteiger partial charge < -0.3 is 4.74 Å². The van der Waals surface area contributed by atoms with E-state index in [1.165, 1.54) is 0 Å². The Morgan fingerprint density at radius 1 is 1.11 bits per heavy atom. The number of carbonyl (C=O) groups excluding carboxylic acids is 2. The van der Waals surface area contributed by atoms with Crippen molar-refractivity contribution in [3.05, 3.63) is 54.1 Å². The summed E-state index contributed by atoms with van der Waals surface area (Å²) in [5.74, 6) is 2.44. The summed E-state index contributed by atoms with van der Waals surface area (Å²) in [6.07, 6.45) is 11.9. The van der Waals surface area contributed by atoms with Gasteiger partial charge >= 0.3 is 0 Å². The Morgan fingerprint density at radius 3 is 2.54 bits per heavy atom. The maximum Gasteiger partial charge on any atom is 0.254 e. The quantitative estimate of drug-likeness (QED) is 0.360. The molecule has 1 heterocycles. The van der Waals surface area contributed by atoms with Gasteiger partial charge in [-0.3, -0.25) is 9.59 Å². The Kier molecular flexibility index (Phi) is 3.80. The molecule has 0 aromatic heterocycles. The average Bonchev–Trinajstić information content (AvgIpc) is 3.39. The molecule has 5 nitrogen and oxygen atoms in total. The van der Waals surface area contributed by atoms with Crippen LogP contribution in [0.5, 0.6) is 5.75 Å². The van der Waals surface area contributed by atoms with Crippen molar-refractivity contribution in [2.45, 2.75) is 6.42 Å². The number of terminal acetylenes is 1. The van der Waals surface area contributed by atoms with Crippen LogP contribution in [-0.4, -0.2) is 29.6 Å². The third-order valence-corrected chi connectivity index (χ3v) is 5.99. The van der Waals surface area contributed by atoms with Crippen LogP contribution in [0.2, 0.25) is 0 Å². The van der Waals surface area contributed by atoms with Crippen molar-refractivity contribution in [3.8, 4) is 18.1 Å². The lowest BCUT2D eigenvalue weighted by Crippen LogP contribution is -2.28. The number of ether oxygens (including phenoxy) is 1. The SMILES string of the molecule is C#CCOc1ccc2ccccc2c1/C=N\N1C(=O)[C@H]2[C@H](C1=O)[C@H]1C=C[C@H]2C1. The molecule has 28 heavy (non-hydrogen) atoms. The molecule has 1 aliphatic heterocycles. The topological polar surface area (TPSA) is 59.0 Å². The zero-order valence-electron chi connectivity index (χ0n) is 15.1. The fourth-order valence-electron chi connectivity index (χ4n) is 4.77. The second kappa shape index (κ2) is 6.35. The number of nitrogens with zero attached hydrogens (tertiary/aromatic N) is 2. The van der Waals surface area contributed by atoms with Gasteiger partial charge in [0.1, 0.15) is 12.4 Å². The molecule has 2 aliphatic carbocycles. The molecule has 0 N–H and O–H groups in total. The van der Waals surface area contributed by atoms with Crippen LogP contribution >= 0.6 is 0 Å². The molecule has 2 amide bonds. The van der Waals surface area contributed by atoms with E-state index in [-0.39, 0.29) is 42.1 Å². The standard InChI is InChI=1S/C23H18N2O3/c1-2-11-28-19-10-9-14-5-3-4-6-17(14)18(19)13-24-25-22(26)20-15-7-8-16(12-15)21(20)23(25)27/h1,3-10,13,15-16,20-21H,11-12H2/b24-13-/t15-,16-,20+,21+/m0/s1. The minimum atomic E-state index is -0.260. The molecule has 0 spiro atoms. The van der Waals surface area contributed by atoms with Gasteiger partial charge in [0.25, 0.3) is 11.8 Å². The van der Waals surface area contributed by atoms with Gasteiger partial charge in [-0.05, 0) is 35.1 Å². The van der Waals surface area contributed by atoms with Crippen molar-refractivity contribution in [3.63, 3.8) is 0 Å². The first-order chi connectivity index (χ1) is 13.7. The van der Waals surface area contributed by atoms with Crippen LogP contribution in [0.1, 0.15) is 12.0 Å². The largest absolute Gasteiger partial charge is 0.480 e. The molecular formula is C23H18N2O3. The van der Waals surface area contributed by atoms with Crippen LogP contribution in [0.4, 0.5) is 0 Å². The van der Waals surface area contributed by atoms with Crippen LogP contribution in [-0.2, 0) is 9.59 Å². The van der Waals surface area contributed by atoms with E-state index in [1.54, 1.807) is 6.21 Å². The summed E-state index contributed by atoms with van der Waals surface area (Å²) in [5, 5.41) is 7.28. The predicted octanol–water partition coefficient (Wildman–Crippen LogP) is 2.99. The van der Waals surface area contributed by atoms with Crippen molar-refractivity contribution in [2.75, 3.05) is 6.61 Å². The van der Waals surface area contributed by atoms with Gasteiger partial charge in [0.05, 0.1) is 18.1 Å². The maximum atomic E-state index is 12.8. The van der Waals surface area contributed by atoms with Gasteiger partial charge in [-0.15, -0.1) is 6.42 Å². The number of benzene rings is 2. The highest BCUT2D eigenvalue weighted by atomic mass is 16.5. The van der Waals surface area contributed by atoms with Crippen molar-refractivity contribution < 1.29 is 14.3 Å². The summed E-state index contributed by atoms with van der Waals surface area (Å²) in [6.45, 7) is 0.125. The first kappa shape index (κ1) is 16.8. The Balaban J connectivity index is 1.52. The van der Waals surface area contributed by atoms with Crippen LogP contribution < -0.4 is 4.74 Å². The molecule has 2 aromatic carbocycles. The smallest absolute Gasteiger partial charge is 0.254 e. The van der Waals surface area contributed by atoms with E-state index < -0.39 is 0 Å². The number of carbonyl (C=O) groups is 2. The molecular weight excluding hydrogens is 352 g/mol. The van der Waals surface area contributed by atoms with Gasteiger partial charge in [0, 0.05) is 5.56 Å². The van der Waals surface area contributed by atoms with Gasteiger partial charge in [0.15, 0.2) is 0 Å². The number of hydrogen-bond acceptors (Lipinski definition) is 4. The van der Waals surface area contributed by atoms with E-state index in [4.69, 9.17) is 11.2 Å². The molecule has 138 valence electrons. The zero-order chi connectivity index (χ0) is 19.3. The molecule has 2 aromatic rings. The molecule has 1 saturated heterocycles. The number of fused-ring (bicyclic) bond motifs is 6. The molecule has 1 saturated carbocycles. The fraction of sp³-hybridized carbons (Fsp3) is 0.261. The second-order valence-electron chi connectivity index (χ2n) is 7.42. The van der Waals surface area contributed by atoms with Crippen molar-refractivity contribution in [1.29, 1.82) is 0 Å². The summed E-state index contributed by atoms with van der Waals surface area (Å²) in [4.78, 5) is 25.7. The second-order valence-corrected chi connectivity index (χ2v) is 7.42. The Hall–Kier alpha value is -3.39. The highest BCUT2D eigenvalue weighted by Gasteiger charge is 2.59. The monoisotopic (exact) mass is 370 g/mol. The molecule has 2 fully saturated rings. The van der Waals surface area contributed by atoms with E-state index >= 15 is 0 Å². The summed E-state index contributed by atoms with van der Waals surface area (Å²) >= 11 is 0. The van der Waals surface area contributed by atoms with Gasteiger partial charge in [0.2, 0.25) is 0 Å². The number of rotatable bonds is 4. The maximum absolute atomic E-state index is 12.8. The van der Waals surface area contributed by atoms with Crippen LogP contribution in [0.25, 0.3) is 10.8 Å². The highest BCUT2D eigenvalue weighted by molar-refractivity contribution is 6.08. The number of imide groups is 1. The lowest BCUT2D eigenvalue weighted by Gasteiger charge is -2.13. The van der Waals surface area contributed by atoms with E-state index in [1.807, 2.05) is 36.4 Å². The molecule has 5 rings (SSSR count). The van der Waals surface area contributed by atoms with Crippen LogP contribution in [0, 0.1) is 36.0 Å². The zero-order valence-corrected chi connectivity index (χ0v) is 15.1. The minimum absolute atomic E-state index is 0.125. The molecule has 3 aliphatic rings. The molecule has 5 heteroatoms. The molecule has 0 unspecified atom stereocenters. The predicted molar refractivity (Wildman–Crippen MR) is 105 cm³/mol. The molecule has 4 atom stereocenters. The van der Waals surface area contributed by atoms with Crippen molar-refractivity contribution in [2.24, 2.45) is 28.8 Å². The normalized spacial score (nSPS) is 27.8. The molecule has 0 radical (unpaired) electrons. The van der Waals surface area contributed by atoms with Gasteiger partial charge in [-0.25, -0.2) is 0 Å². The molecule has 2 bridgehead atoms. The summed E-state index contributed by atoms with van der Waals surface area (Å²) < 4.78 is 5.66. The summed E-state index contributed by atoms with van der Waals surface area (Å²) in [6, 6.07) is 11.6. The van der Waals surface area contributed by atoms with Crippen molar-refractivity contribution in [1.82, 2.24) is 5.01 Å². The van der Waals surface area contributed by atoms with Crippen molar-refractivity contribution >= 4 is 28.8 Å².